The van der Waals surface area contributed by atoms with E-state index in [0.29, 0.717) is 26.3 Å². The maximum Gasteiger partial charge on any atom is 0.147 e. The van der Waals surface area contributed by atoms with Gasteiger partial charge in [0.15, 0.2) is 0 Å². The van der Waals surface area contributed by atoms with E-state index in [1.54, 1.807) is 29.8 Å². The van der Waals surface area contributed by atoms with Gasteiger partial charge in [-0.25, -0.2) is 9.67 Å². The number of aliphatic hydroxyl groups excluding tert-OH is 3. The Morgan fingerprint density at radius 3 is 2.74 bits per heavy atom. The smallest absolute Gasteiger partial charge is 0.147 e. The van der Waals surface area contributed by atoms with E-state index in [1.165, 1.54) is 16.0 Å². The van der Waals surface area contributed by atoms with Gasteiger partial charge in [-0.15, -0.1) is 16.4 Å². The molecule has 3 N–H and O–H groups in total. The zero-order chi connectivity index (χ0) is 22.1. The van der Waals surface area contributed by atoms with Crippen LogP contribution in [0.5, 0.6) is 0 Å². The standard InChI is InChI=1S/C18H15Cl2N5O4S2/c19-10-3-9(2-1-8(10)4-21)31-18-16(28)14(15(27)12(6-26)29-18)25-5-11(23-24-25)17-22-13(20)7-30-17/h1-3,5,7,12,14-16,18,26-28H,6H2/t12?,14-,15-,16?,18+/m0/s1. The number of nitriles is 1. The van der Waals surface area contributed by atoms with Crippen molar-refractivity contribution in [1.82, 2.24) is 20.0 Å². The van der Waals surface area contributed by atoms with Gasteiger partial charge in [0.05, 0.1) is 23.4 Å². The van der Waals surface area contributed by atoms with E-state index in [9.17, 15) is 15.3 Å². The Balaban J connectivity index is 1.60. The van der Waals surface area contributed by atoms with Gasteiger partial charge >= 0.3 is 0 Å². The second-order valence-corrected chi connectivity index (χ2v) is 9.45. The van der Waals surface area contributed by atoms with Crippen LogP contribution >= 0.6 is 46.3 Å². The van der Waals surface area contributed by atoms with Crippen molar-refractivity contribution in [2.24, 2.45) is 0 Å². The minimum Gasteiger partial charge on any atom is -0.394 e. The molecular formula is C18H15Cl2N5O4S2. The predicted molar refractivity (Wildman–Crippen MR) is 115 cm³/mol. The van der Waals surface area contributed by atoms with Gasteiger partial charge in [0.1, 0.15) is 51.7 Å². The summed E-state index contributed by atoms with van der Waals surface area (Å²) in [7, 11) is 0. The summed E-state index contributed by atoms with van der Waals surface area (Å²) in [6, 6.07) is 5.89. The second-order valence-electron chi connectivity index (χ2n) is 6.63. The number of ether oxygens (including phenoxy) is 1. The number of aliphatic hydroxyl groups is 3. The molecule has 4 rings (SSSR count). The third kappa shape index (κ3) is 4.57. The van der Waals surface area contributed by atoms with E-state index in [2.05, 4.69) is 15.3 Å². The summed E-state index contributed by atoms with van der Waals surface area (Å²) in [6.45, 7) is -0.459. The van der Waals surface area contributed by atoms with Crippen molar-refractivity contribution in [3.63, 3.8) is 0 Å². The Kier molecular flexibility index (Phi) is 6.80. The van der Waals surface area contributed by atoms with Gasteiger partial charge in [-0.3, -0.25) is 0 Å². The van der Waals surface area contributed by atoms with Crippen molar-refractivity contribution >= 4 is 46.3 Å². The molecule has 0 amide bonds. The van der Waals surface area contributed by atoms with Gasteiger partial charge in [-0.1, -0.05) is 40.2 Å². The van der Waals surface area contributed by atoms with Crippen molar-refractivity contribution in [2.75, 3.05) is 6.61 Å². The highest BCUT2D eigenvalue weighted by atomic mass is 35.5. The molecule has 1 fully saturated rings. The summed E-state index contributed by atoms with van der Waals surface area (Å²) in [5.41, 5.74) is -0.0852. The number of benzene rings is 1. The van der Waals surface area contributed by atoms with Crippen LogP contribution in [0, 0.1) is 11.3 Å². The van der Waals surface area contributed by atoms with E-state index < -0.39 is 36.4 Å². The number of halogens is 2. The van der Waals surface area contributed by atoms with Crippen LogP contribution in [0.15, 0.2) is 34.7 Å². The fourth-order valence-corrected chi connectivity index (χ4v) is 5.45. The Morgan fingerprint density at radius 2 is 2.10 bits per heavy atom. The number of thioether (sulfide) groups is 1. The maximum absolute atomic E-state index is 11.0. The molecule has 9 nitrogen and oxygen atoms in total. The highest BCUT2D eigenvalue weighted by molar-refractivity contribution is 7.99. The molecule has 1 aliphatic heterocycles. The molecule has 3 heterocycles. The van der Waals surface area contributed by atoms with E-state index in [4.69, 9.17) is 33.2 Å². The fraction of sp³-hybridized carbons (Fsp3) is 0.333. The quantitative estimate of drug-likeness (QED) is 0.482. The van der Waals surface area contributed by atoms with E-state index in [-0.39, 0.29) is 5.02 Å². The molecule has 162 valence electrons. The zero-order valence-corrected chi connectivity index (χ0v) is 18.7. The number of hydrogen-bond donors (Lipinski definition) is 3. The lowest BCUT2D eigenvalue weighted by Gasteiger charge is -2.41. The number of rotatable bonds is 5. The minimum absolute atomic E-state index is 0.274. The summed E-state index contributed by atoms with van der Waals surface area (Å²) in [4.78, 5) is 4.79. The van der Waals surface area contributed by atoms with Crippen LogP contribution < -0.4 is 0 Å². The Labute approximate surface area is 194 Å². The molecule has 1 saturated heterocycles. The number of thiazole rings is 1. The number of nitrogens with zero attached hydrogens (tertiary/aromatic N) is 5. The molecule has 3 aromatic rings. The molecule has 0 aliphatic carbocycles. The van der Waals surface area contributed by atoms with E-state index in [0.717, 1.165) is 11.8 Å². The summed E-state index contributed by atoms with van der Waals surface area (Å²) in [6.07, 6.45) is -1.85. The minimum atomic E-state index is -1.24. The van der Waals surface area contributed by atoms with Gasteiger partial charge in [-0.2, -0.15) is 5.26 Å². The first kappa shape index (κ1) is 22.4. The molecule has 5 atom stereocenters. The summed E-state index contributed by atoms with van der Waals surface area (Å²) < 4.78 is 7.06. The summed E-state index contributed by atoms with van der Waals surface area (Å²) in [5.74, 6) is 0. The van der Waals surface area contributed by atoms with E-state index in [1.807, 2.05) is 6.07 Å². The summed E-state index contributed by atoms with van der Waals surface area (Å²) in [5, 5.41) is 51.3. The lowest BCUT2D eigenvalue weighted by molar-refractivity contribution is -0.178. The maximum atomic E-state index is 11.0. The summed E-state index contributed by atoms with van der Waals surface area (Å²) >= 11 is 14.4. The molecule has 1 aromatic carbocycles. The molecule has 0 bridgehead atoms. The van der Waals surface area contributed by atoms with Crippen molar-refractivity contribution in [3.05, 3.63) is 45.5 Å². The van der Waals surface area contributed by atoms with Crippen LogP contribution in [-0.4, -0.2) is 65.7 Å². The lowest BCUT2D eigenvalue weighted by Crippen LogP contribution is -2.55. The Hall–Kier alpha value is -1.75. The highest BCUT2D eigenvalue weighted by Crippen LogP contribution is 2.39. The van der Waals surface area contributed by atoms with Gasteiger partial charge in [0.2, 0.25) is 0 Å². The molecule has 31 heavy (non-hydrogen) atoms. The van der Waals surface area contributed by atoms with E-state index >= 15 is 0 Å². The molecular weight excluding hydrogens is 485 g/mol. The van der Waals surface area contributed by atoms with Crippen LogP contribution in [0.2, 0.25) is 10.2 Å². The van der Waals surface area contributed by atoms with Crippen molar-refractivity contribution in [1.29, 1.82) is 5.26 Å². The van der Waals surface area contributed by atoms with Gasteiger partial charge in [-0.05, 0) is 18.2 Å². The highest BCUT2D eigenvalue weighted by Gasteiger charge is 2.46. The number of hydrogen-bond acceptors (Lipinski definition) is 10. The van der Waals surface area contributed by atoms with Gasteiger partial charge < -0.3 is 20.1 Å². The largest absolute Gasteiger partial charge is 0.394 e. The first-order valence-corrected chi connectivity index (χ1v) is 11.4. The molecule has 0 saturated carbocycles. The molecule has 0 spiro atoms. The molecule has 2 aromatic heterocycles. The van der Waals surface area contributed by atoms with Crippen LogP contribution in [0.3, 0.4) is 0 Å². The first-order chi connectivity index (χ1) is 14.9. The third-order valence-electron chi connectivity index (χ3n) is 4.67. The fourth-order valence-electron chi connectivity index (χ4n) is 3.16. The third-order valence-corrected chi connectivity index (χ3v) is 7.32. The van der Waals surface area contributed by atoms with Crippen LogP contribution in [0.25, 0.3) is 10.7 Å². The van der Waals surface area contributed by atoms with Crippen LogP contribution in [0.4, 0.5) is 0 Å². The number of aromatic nitrogens is 4. The molecule has 13 heteroatoms. The monoisotopic (exact) mass is 499 g/mol. The Bertz CT molecular complexity index is 1120. The van der Waals surface area contributed by atoms with Gasteiger partial charge in [0.25, 0.3) is 0 Å². The Morgan fingerprint density at radius 1 is 1.29 bits per heavy atom. The molecule has 2 unspecified atom stereocenters. The van der Waals surface area contributed by atoms with Gasteiger partial charge in [0, 0.05) is 10.3 Å². The van der Waals surface area contributed by atoms with Crippen molar-refractivity contribution < 1.29 is 20.1 Å². The first-order valence-electron chi connectivity index (χ1n) is 8.93. The van der Waals surface area contributed by atoms with Crippen LogP contribution in [0.1, 0.15) is 11.6 Å². The zero-order valence-electron chi connectivity index (χ0n) is 15.5. The second kappa shape index (κ2) is 9.40. The average molecular weight is 500 g/mol. The predicted octanol–water partition coefficient (Wildman–Crippen LogP) is 2.35. The molecule has 1 aliphatic rings. The lowest BCUT2D eigenvalue weighted by atomic mass is 9.97. The van der Waals surface area contributed by atoms with Crippen molar-refractivity contribution in [2.45, 2.75) is 34.7 Å². The average Bonchev–Trinajstić information content (AvgIpc) is 3.39. The SMILES string of the molecule is N#Cc1ccc(S[C@H]2OC(CO)[C@H](O)[C@H](n3cc(-c4nc(Cl)cs4)nn3)C2O)cc1Cl. The van der Waals surface area contributed by atoms with Crippen LogP contribution in [-0.2, 0) is 4.74 Å². The molecule has 0 radical (unpaired) electrons. The topological polar surface area (TPSA) is 137 Å². The normalized spacial score (nSPS) is 26.0. The van der Waals surface area contributed by atoms with Crippen molar-refractivity contribution in [3.8, 4) is 16.8 Å².